The molecule has 4 nitrogen and oxygen atoms in total. The lowest BCUT2D eigenvalue weighted by molar-refractivity contribution is 0.166. The highest BCUT2D eigenvalue weighted by molar-refractivity contribution is 5.74. The van der Waals surface area contributed by atoms with Gasteiger partial charge in [-0.25, -0.2) is 4.79 Å². The van der Waals surface area contributed by atoms with Crippen molar-refractivity contribution in [2.24, 2.45) is 5.92 Å². The first-order chi connectivity index (χ1) is 8.22. The van der Waals surface area contributed by atoms with Crippen LogP contribution in [-0.4, -0.2) is 41.8 Å². The summed E-state index contributed by atoms with van der Waals surface area (Å²) < 4.78 is 0. The molecule has 1 fully saturated rings. The van der Waals surface area contributed by atoms with E-state index >= 15 is 0 Å². The minimum absolute atomic E-state index is 0.0214. The predicted molar refractivity (Wildman–Crippen MR) is 68.9 cm³/mol. The fraction of sp³-hybridized carbons (Fsp3) is 0.923. The van der Waals surface area contributed by atoms with E-state index in [1.165, 1.54) is 19.3 Å². The van der Waals surface area contributed by atoms with Crippen LogP contribution < -0.4 is 5.32 Å². The number of likely N-dealkylation sites (N-methyl/N-ethyl adjacent to an activating group) is 1. The van der Waals surface area contributed by atoms with Gasteiger partial charge < -0.3 is 15.3 Å². The Labute approximate surface area is 104 Å². The van der Waals surface area contributed by atoms with Crippen molar-refractivity contribution in [1.82, 2.24) is 10.2 Å². The molecule has 2 unspecified atom stereocenters. The van der Waals surface area contributed by atoms with Crippen LogP contribution in [-0.2, 0) is 0 Å². The molecule has 1 aliphatic carbocycles. The van der Waals surface area contributed by atoms with E-state index in [4.69, 9.17) is 5.11 Å². The van der Waals surface area contributed by atoms with Gasteiger partial charge in [0.05, 0.1) is 6.61 Å². The van der Waals surface area contributed by atoms with Crippen molar-refractivity contribution in [3.63, 3.8) is 0 Å². The molecular weight excluding hydrogens is 216 g/mol. The largest absolute Gasteiger partial charge is 0.395 e. The van der Waals surface area contributed by atoms with Gasteiger partial charge in [-0.2, -0.15) is 0 Å². The molecule has 2 amide bonds. The van der Waals surface area contributed by atoms with Crippen molar-refractivity contribution in [2.75, 3.05) is 19.7 Å². The van der Waals surface area contributed by atoms with E-state index in [0.717, 1.165) is 12.8 Å². The first-order valence-electron chi connectivity index (χ1n) is 6.89. The van der Waals surface area contributed by atoms with E-state index in [1.54, 1.807) is 4.90 Å². The van der Waals surface area contributed by atoms with Crippen LogP contribution in [0.15, 0.2) is 0 Å². The molecule has 0 bridgehead atoms. The SMILES string of the molecule is CCC1CCCCC1NC(=O)N(CC)CCO. The molecule has 17 heavy (non-hydrogen) atoms. The lowest BCUT2D eigenvalue weighted by Gasteiger charge is -2.33. The van der Waals surface area contributed by atoms with Crippen LogP contribution in [0.25, 0.3) is 0 Å². The number of carbonyl (C=O) groups excluding carboxylic acids is 1. The molecule has 1 rings (SSSR count). The average Bonchev–Trinajstić information content (AvgIpc) is 2.36. The summed E-state index contributed by atoms with van der Waals surface area (Å²) in [6.07, 6.45) is 5.97. The molecule has 0 spiro atoms. The molecule has 1 aliphatic rings. The molecule has 0 aromatic heterocycles. The summed E-state index contributed by atoms with van der Waals surface area (Å²) >= 11 is 0. The number of hydrogen-bond donors (Lipinski definition) is 2. The van der Waals surface area contributed by atoms with Crippen LogP contribution in [0.2, 0.25) is 0 Å². The Morgan fingerprint density at radius 3 is 2.65 bits per heavy atom. The third kappa shape index (κ3) is 4.19. The second-order valence-corrected chi connectivity index (χ2v) is 4.81. The lowest BCUT2D eigenvalue weighted by atomic mass is 9.83. The summed E-state index contributed by atoms with van der Waals surface area (Å²) in [6.45, 7) is 5.23. The van der Waals surface area contributed by atoms with E-state index < -0.39 is 0 Å². The van der Waals surface area contributed by atoms with Crippen LogP contribution in [0.1, 0.15) is 46.0 Å². The molecule has 0 saturated heterocycles. The molecule has 0 radical (unpaired) electrons. The van der Waals surface area contributed by atoms with E-state index in [1.807, 2.05) is 6.92 Å². The zero-order valence-electron chi connectivity index (χ0n) is 11.1. The van der Waals surface area contributed by atoms with Gasteiger partial charge in [0.15, 0.2) is 0 Å². The third-order valence-corrected chi connectivity index (χ3v) is 3.78. The molecule has 0 aromatic rings. The number of hydrogen-bond acceptors (Lipinski definition) is 2. The van der Waals surface area contributed by atoms with Gasteiger partial charge in [-0.1, -0.05) is 26.2 Å². The van der Waals surface area contributed by atoms with Crippen molar-refractivity contribution < 1.29 is 9.90 Å². The standard InChI is InChI=1S/C13H26N2O2/c1-3-11-7-5-6-8-12(11)14-13(17)15(4-2)9-10-16/h11-12,16H,3-10H2,1-2H3,(H,14,17). The zero-order chi connectivity index (χ0) is 12.7. The van der Waals surface area contributed by atoms with Gasteiger partial charge in [-0.15, -0.1) is 0 Å². The average molecular weight is 242 g/mol. The van der Waals surface area contributed by atoms with Crippen LogP contribution in [0, 0.1) is 5.92 Å². The van der Waals surface area contributed by atoms with Crippen LogP contribution >= 0.6 is 0 Å². The fourth-order valence-corrected chi connectivity index (χ4v) is 2.66. The molecule has 1 saturated carbocycles. The fourth-order valence-electron chi connectivity index (χ4n) is 2.66. The molecule has 2 N–H and O–H groups in total. The smallest absolute Gasteiger partial charge is 0.317 e. The summed E-state index contributed by atoms with van der Waals surface area (Å²) in [5.74, 6) is 0.625. The number of urea groups is 1. The van der Waals surface area contributed by atoms with Crippen molar-refractivity contribution in [2.45, 2.75) is 52.0 Å². The monoisotopic (exact) mass is 242 g/mol. The summed E-state index contributed by atoms with van der Waals surface area (Å²) in [4.78, 5) is 13.7. The molecule has 0 aliphatic heterocycles. The van der Waals surface area contributed by atoms with Crippen molar-refractivity contribution >= 4 is 6.03 Å². The van der Waals surface area contributed by atoms with Crippen LogP contribution in [0.5, 0.6) is 0 Å². The Morgan fingerprint density at radius 1 is 1.35 bits per heavy atom. The van der Waals surface area contributed by atoms with E-state index in [-0.39, 0.29) is 12.6 Å². The number of aliphatic hydroxyl groups is 1. The van der Waals surface area contributed by atoms with Crippen molar-refractivity contribution in [3.05, 3.63) is 0 Å². The quantitative estimate of drug-likeness (QED) is 0.774. The Kier molecular flexibility index (Phi) is 6.34. The Bertz CT molecular complexity index is 233. The van der Waals surface area contributed by atoms with E-state index in [2.05, 4.69) is 12.2 Å². The van der Waals surface area contributed by atoms with Gasteiger partial charge in [0, 0.05) is 19.1 Å². The van der Waals surface area contributed by atoms with Gasteiger partial charge >= 0.3 is 6.03 Å². The van der Waals surface area contributed by atoms with Gasteiger partial charge in [0.2, 0.25) is 0 Å². The molecule has 100 valence electrons. The third-order valence-electron chi connectivity index (χ3n) is 3.78. The van der Waals surface area contributed by atoms with Gasteiger partial charge in [-0.05, 0) is 25.7 Å². The van der Waals surface area contributed by atoms with E-state index in [9.17, 15) is 4.79 Å². The normalized spacial score (nSPS) is 24.4. The number of amides is 2. The molecule has 2 atom stereocenters. The highest BCUT2D eigenvalue weighted by atomic mass is 16.3. The molecule has 0 heterocycles. The summed E-state index contributed by atoms with van der Waals surface area (Å²) in [5, 5.41) is 12.0. The summed E-state index contributed by atoms with van der Waals surface area (Å²) in [5.41, 5.74) is 0. The number of aliphatic hydroxyl groups excluding tert-OH is 1. The molecular formula is C13H26N2O2. The molecule has 4 heteroatoms. The maximum Gasteiger partial charge on any atom is 0.317 e. The maximum atomic E-state index is 12.0. The predicted octanol–water partition coefficient (Wildman–Crippen LogP) is 1.98. The molecule has 0 aromatic carbocycles. The van der Waals surface area contributed by atoms with E-state index in [0.29, 0.717) is 25.0 Å². The number of nitrogens with zero attached hydrogens (tertiary/aromatic N) is 1. The van der Waals surface area contributed by atoms with Crippen molar-refractivity contribution in [3.8, 4) is 0 Å². The summed E-state index contributed by atoms with van der Waals surface area (Å²) in [7, 11) is 0. The first kappa shape index (κ1) is 14.3. The van der Waals surface area contributed by atoms with Crippen LogP contribution in [0.3, 0.4) is 0 Å². The summed E-state index contributed by atoms with van der Waals surface area (Å²) in [6, 6.07) is 0.306. The minimum atomic E-state index is -0.0214. The lowest BCUT2D eigenvalue weighted by Crippen LogP contribution is -2.49. The highest BCUT2D eigenvalue weighted by Gasteiger charge is 2.26. The van der Waals surface area contributed by atoms with Gasteiger partial charge in [0.1, 0.15) is 0 Å². The zero-order valence-corrected chi connectivity index (χ0v) is 11.1. The number of rotatable bonds is 5. The van der Waals surface area contributed by atoms with Crippen molar-refractivity contribution in [1.29, 1.82) is 0 Å². The first-order valence-corrected chi connectivity index (χ1v) is 6.89. The number of carbonyl (C=O) groups is 1. The topological polar surface area (TPSA) is 52.6 Å². The Balaban J connectivity index is 2.47. The minimum Gasteiger partial charge on any atom is -0.395 e. The second-order valence-electron chi connectivity index (χ2n) is 4.81. The van der Waals surface area contributed by atoms with Crippen LogP contribution in [0.4, 0.5) is 4.79 Å². The van der Waals surface area contributed by atoms with Gasteiger partial charge in [-0.3, -0.25) is 0 Å². The Hall–Kier alpha value is -0.770. The highest BCUT2D eigenvalue weighted by Crippen LogP contribution is 2.26. The second kappa shape index (κ2) is 7.54. The maximum absolute atomic E-state index is 12.0. The van der Waals surface area contributed by atoms with Gasteiger partial charge in [0.25, 0.3) is 0 Å². The number of nitrogens with one attached hydrogen (secondary N) is 1. The Morgan fingerprint density at radius 2 is 2.06 bits per heavy atom.